The zero-order chi connectivity index (χ0) is 24.2. The van der Waals surface area contributed by atoms with Crippen molar-refractivity contribution >= 4 is 27.3 Å². The molecule has 0 aliphatic carbocycles. The molecule has 0 radical (unpaired) electrons. The largest absolute Gasteiger partial charge is 0.435 e. The summed E-state index contributed by atoms with van der Waals surface area (Å²) in [6.45, 7) is -3.23. The van der Waals surface area contributed by atoms with Crippen LogP contribution in [0, 0.1) is 11.6 Å². The third kappa shape index (κ3) is 5.79. The SMILES string of the molecule is NCc1ccc(NC(=O)c2c(F)cccc2F)cc1NS(=O)(=O)c1cccc(OC(F)F)c1. The number of ether oxygens (including phenoxy) is 1. The molecule has 33 heavy (non-hydrogen) atoms. The Hall–Kier alpha value is -3.64. The van der Waals surface area contributed by atoms with Crippen LogP contribution in [0.1, 0.15) is 15.9 Å². The average molecular weight is 483 g/mol. The van der Waals surface area contributed by atoms with Gasteiger partial charge in [-0.25, -0.2) is 17.2 Å². The van der Waals surface area contributed by atoms with Gasteiger partial charge in [0.15, 0.2) is 0 Å². The Labute approximate surface area is 186 Å². The summed E-state index contributed by atoms with van der Waals surface area (Å²) in [5, 5.41) is 2.29. The monoisotopic (exact) mass is 483 g/mol. The van der Waals surface area contributed by atoms with Crippen molar-refractivity contribution in [2.24, 2.45) is 5.73 Å². The zero-order valence-electron chi connectivity index (χ0n) is 16.7. The lowest BCUT2D eigenvalue weighted by Gasteiger charge is -2.15. The fourth-order valence-electron chi connectivity index (χ4n) is 2.86. The Balaban J connectivity index is 1.89. The quantitative estimate of drug-likeness (QED) is 0.418. The van der Waals surface area contributed by atoms with Gasteiger partial charge in [-0.15, -0.1) is 0 Å². The number of anilines is 2. The number of nitrogens with one attached hydrogen (secondary N) is 2. The lowest BCUT2D eigenvalue weighted by molar-refractivity contribution is -0.0500. The average Bonchev–Trinajstić information content (AvgIpc) is 2.73. The number of halogens is 4. The molecular formula is C21H17F4N3O4S. The van der Waals surface area contributed by atoms with Crippen LogP contribution in [0.4, 0.5) is 28.9 Å². The molecule has 0 fully saturated rings. The van der Waals surface area contributed by atoms with Crippen molar-refractivity contribution in [3.05, 3.63) is 83.4 Å². The van der Waals surface area contributed by atoms with Gasteiger partial charge in [-0.3, -0.25) is 9.52 Å². The first kappa shape index (κ1) is 24.0. The first-order chi connectivity index (χ1) is 15.6. The second-order valence-electron chi connectivity index (χ2n) is 6.59. The van der Waals surface area contributed by atoms with Gasteiger partial charge in [0.1, 0.15) is 22.9 Å². The van der Waals surface area contributed by atoms with Gasteiger partial charge in [0.05, 0.1) is 10.6 Å². The fraction of sp³-hybridized carbons (Fsp3) is 0.0952. The van der Waals surface area contributed by atoms with E-state index in [0.717, 1.165) is 36.4 Å². The number of alkyl halides is 2. The first-order valence-electron chi connectivity index (χ1n) is 9.27. The highest BCUT2D eigenvalue weighted by Crippen LogP contribution is 2.26. The second kappa shape index (κ2) is 9.88. The standard InChI is InChI=1S/C21H17F4N3O4S/c22-16-5-2-6-17(23)19(16)20(29)27-13-8-7-12(11-26)18(9-13)28-33(30,31)15-4-1-3-14(10-15)32-21(24)25/h1-10,21,28H,11,26H2,(H,27,29). The van der Waals surface area contributed by atoms with Gasteiger partial charge in [0.25, 0.3) is 15.9 Å². The second-order valence-corrected chi connectivity index (χ2v) is 8.27. The smallest absolute Gasteiger partial charge is 0.387 e. The van der Waals surface area contributed by atoms with Crippen molar-refractivity contribution in [3.8, 4) is 5.75 Å². The molecule has 0 aliphatic heterocycles. The van der Waals surface area contributed by atoms with E-state index in [1.807, 2.05) is 0 Å². The van der Waals surface area contributed by atoms with Crippen LogP contribution >= 0.6 is 0 Å². The Morgan fingerprint density at radius 3 is 2.30 bits per heavy atom. The van der Waals surface area contributed by atoms with Crippen LogP contribution in [0.2, 0.25) is 0 Å². The van der Waals surface area contributed by atoms with Crippen LogP contribution in [-0.4, -0.2) is 20.9 Å². The van der Waals surface area contributed by atoms with Crippen LogP contribution in [-0.2, 0) is 16.6 Å². The van der Waals surface area contributed by atoms with Crippen molar-refractivity contribution in [2.45, 2.75) is 18.1 Å². The Bertz CT molecular complexity index is 1270. The van der Waals surface area contributed by atoms with Gasteiger partial charge in [0, 0.05) is 18.3 Å². The molecule has 4 N–H and O–H groups in total. The number of sulfonamides is 1. The Morgan fingerprint density at radius 1 is 1.00 bits per heavy atom. The van der Waals surface area contributed by atoms with Crippen molar-refractivity contribution < 1.29 is 35.5 Å². The number of nitrogens with two attached hydrogens (primary N) is 1. The number of amides is 1. The molecule has 0 bridgehead atoms. The van der Waals surface area contributed by atoms with E-state index in [1.165, 1.54) is 24.3 Å². The van der Waals surface area contributed by atoms with Crippen molar-refractivity contribution in [2.75, 3.05) is 10.0 Å². The molecule has 0 unspecified atom stereocenters. The van der Waals surface area contributed by atoms with Crippen LogP contribution < -0.4 is 20.5 Å². The summed E-state index contributed by atoms with van der Waals surface area (Å²) in [7, 11) is -4.28. The van der Waals surface area contributed by atoms with E-state index in [1.54, 1.807) is 0 Å². The van der Waals surface area contributed by atoms with Gasteiger partial charge in [0.2, 0.25) is 0 Å². The molecule has 0 saturated heterocycles. The summed E-state index contributed by atoms with van der Waals surface area (Å²) < 4.78 is 84.6. The third-order valence-corrected chi connectivity index (χ3v) is 5.73. The van der Waals surface area contributed by atoms with Gasteiger partial charge < -0.3 is 15.8 Å². The molecule has 7 nitrogen and oxygen atoms in total. The maximum Gasteiger partial charge on any atom is 0.387 e. The van der Waals surface area contributed by atoms with Crippen molar-refractivity contribution in [1.29, 1.82) is 0 Å². The van der Waals surface area contributed by atoms with E-state index in [9.17, 15) is 30.8 Å². The molecule has 0 atom stereocenters. The Morgan fingerprint density at radius 2 is 1.67 bits per heavy atom. The summed E-state index contributed by atoms with van der Waals surface area (Å²) in [6, 6.07) is 11.4. The maximum atomic E-state index is 13.9. The highest BCUT2D eigenvalue weighted by Gasteiger charge is 2.20. The number of hydrogen-bond donors (Lipinski definition) is 3. The van der Waals surface area contributed by atoms with Crippen molar-refractivity contribution in [1.82, 2.24) is 0 Å². The third-order valence-electron chi connectivity index (χ3n) is 4.36. The van der Waals surface area contributed by atoms with E-state index < -0.39 is 39.7 Å². The molecule has 174 valence electrons. The predicted octanol–water partition coefficient (Wildman–Crippen LogP) is 4.08. The topological polar surface area (TPSA) is 111 Å². The minimum absolute atomic E-state index is 0.0207. The van der Waals surface area contributed by atoms with Gasteiger partial charge in [-0.05, 0) is 42.0 Å². The van der Waals surface area contributed by atoms with Gasteiger partial charge in [-0.1, -0.05) is 18.2 Å². The lowest BCUT2D eigenvalue weighted by Crippen LogP contribution is -2.18. The molecule has 3 aromatic rings. The molecule has 3 rings (SSSR count). The summed E-state index contributed by atoms with van der Waals surface area (Å²) in [6.07, 6.45) is 0. The van der Waals surface area contributed by atoms with Crippen molar-refractivity contribution in [3.63, 3.8) is 0 Å². The summed E-state index contributed by atoms with van der Waals surface area (Å²) >= 11 is 0. The fourth-order valence-corrected chi connectivity index (χ4v) is 3.98. The Kier molecular flexibility index (Phi) is 7.19. The van der Waals surface area contributed by atoms with Crippen LogP contribution in [0.25, 0.3) is 0 Å². The molecule has 1 amide bonds. The minimum Gasteiger partial charge on any atom is -0.435 e. The zero-order valence-corrected chi connectivity index (χ0v) is 17.5. The first-order valence-corrected chi connectivity index (χ1v) is 10.7. The van der Waals surface area contributed by atoms with Gasteiger partial charge in [-0.2, -0.15) is 8.78 Å². The maximum absolute atomic E-state index is 13.9. The van der Waals surface area contributed by atoms with Crippen LogP contribution in [0.5, 0.6) is 5.75 Å². The van der Waals surface area contributed by atoms with E-state index in [-0.39, 0.29) is 28.6 Å². The van der Waals surface area contributed by atoms with E-state index >= 15 is 0 Å². The number of benzene rings is 3. The molecule has 0 aromatic heterocycles. The predicted molar refractivity (Wildman–Crippen MR) is 113 cm³/mol. The molecule has 0 spiro atoms. The normalized spacial score (nSPS) is 11.3. The molecule has 0 saturated carbocycles. The number of hydrogen-bond acceptors (Lipinski definition) is 5. The molecular weight excluding hydrogens is 466 g/mol. The van der Waals surface area contributed by atoms with E-state index in [2.05, 4.69) is 14.8 Å². The highest BCUT2D eigenvalue weighted by atomic mass is 32.2. The highest BCUT2D eigenvalue weighted by molar-refractivity contribution is 7.92. The number of carbonyl (C=O) groups is 1. The van der Waals surface area contributed by atoms with E-state index in [0.29, 0.717) is 5.56 Å². The number of carbonyl (C=O) groups excluding carboxylic acids is 1. The minimum atomic E-state index is -4.28. The summed E-state index contributed by atoms with van der Waals surface area (Å²) in [5.41, 5.74) is 5.15. The summed E-state index contributed by atoms with van der Waals surface area (Å²) in [5.74, 6) is -3.59. The summed E-state index contributed by atoms with van der Waals surface area (Å²) in [4.78, 5) is 12.0. The molecule has 12 heteroatoms. The van der Waals surface area contributed by atoms with E-state index in [4.69, 9.17) is 5.73 Å². The molecule has 0 aliphatic rings. The molecule has 3 aromatic carbocycles. The number of rotatable bonds is 8. The molecule has 0 heterocycles. The lowest BCUT2D eigenvalue weighted by atomic mass is 10.1. The van der Waals surface area contributed by atoms with Crippen LogP contribution in [0.3, 0.4) is 0 Å². The van der Waals surface area contributed by atoms with Gasteiger partial charge >= 0.3 is 6.61 Å². The van der Waals surface area contributed by atoms with Crippen LogP contribution in [0.15, 0.2) is 65.6 Å².